The Labute approximate surface area is 111 Å². The first-order valence-electron chi connectivity index (χ1n) is 7.01. The average Bonchev–Trinajstić information content (AvgIpc) is 2.43. The Morgan fingerprint density at radius 2 is 1.61 bits per heavy atom. The van der Waals surface area contributed by atoms with Crippen LogP contribution >= 0.6 is 0 Å². The van der Waals surface area contributed by atoms with Crippen LogP contribution in [0, 0.1) is 0 Å². The van der Waals surface area contributed by atoms with Gasteiger partial charge in [0.05, 0.1) is 6.04 Å². The third kappa shape index (κ3) is 3.86. The molecule has 1 aromatic carbocycles. The standard InChI is InChI=1S/C16H25NO/c1-5-12(4)13-8-10-14(11-9-13)15(6-2)17-16(18)7-3/h8-12,15H,5-7H2,1-4H3,(H,17,18)/t12-,15-/m0/s1. The summed E-state index contributed by atoms with van der Waals surface area (Å²) in [6.45, 7) is 8.43. The van der Waals surface area contributed by atoms with E-state index in [-0.39, 0.29) is 11.9 Å². The zero-order chi connectivity index (χ0) is 13.5. The lowest BCUT2D eigenvalue weighted by Crippen LogP contribution is -2.27. The van der Waals surface area contributed by atoms with Crippen molar-refractivity contribution in [2.75, 3.05) is 0 Å². The summed E-state index contributed by atoms with van der Waals surface area (Å²) >= 11 is 0. The molecule has 100 valence electrons. The van der Waals surface area contributed by atoms with Crippen molar-refractivity contribution >= 4 is 5.91 Å². The molecule has 0 aliphatic heterocycles. The minimum atomic E-state index is 0.118. The molecule has 0 saturated heterocycles. The van der Waals surface area contributed by atoms with Gasteiger partial charge in [-0.2, -0.15) is 0 Å². The van der Waals surface area contributed by atoms with Gasteiger partial charge in [0.25, 0.3) is 0 Å². The van der Waals surface area contributed by atoms with Gasteiger partial charge in [-0.05, 0) is 29.9 Å². The Balaban J connectivity index is 2.78. The maximum absolute atomic E-state index is 11.5. The first-order chi connectivity index (χ1) is 8.62. The fraction of sp³-hybridized carbons (Fsp3) is 0.562. The van der Waals surface area contributed by atoms with E-state index < -0.39 is 0 Å². The Morgan fingerprint density at radius 1 is 1.06 bits per heavy atom. The summed E-state index contributed by atoms with van der Waals surface area (Å²) < 4.78 is 0. The van der Waals surface area contributed by atoms with Gasteiger partial charge in [0, 0.05) is 6.42 Å². The molecule has 18 heavy (non-hydrogen) atoms. The summed E-state index contributed by atoms with van der Waals surface area (Å²) in [4.78, 5) is 11.5. The summed E-state index contributed by atoms with van der Waals surface area (Å²) in [7, 11) is 0. The largest absolute Gasteiger partial charge is 0.349 e. The van der Waals surface area contributed by atoms with E-state index in [0.29, 0.717) is 12.3 Å². The summed E-state index contributed by atoms with van der Waals surface area (Å²) in [5.74, 6) is 0.720. The fourth-order valence-corrected chi connectivity index (χ4v) is 2.01. The molecular formula is C16H25NO. The molecule has 0 radical (unpaired) electrons. The van der Waals surface area contributed by atoms with Gasteiger partial charge in [-0.25, -0.2) is 0 Å². The number of carbonyl (C=O) groups excluding carboxylic acids is 1. The van der Waals surface area contributed by atoms with Crippen molar-refractivity contribution in [1.29, 1.82) is 0 Å². The first-order valence-corrected chi connectivity index (χ1v) is 7.01. The maximum Gasteiger partial charge on any atom is 0.220 e. The van der Waals surface area contributed by atoms with Crippen molar-refractivity contribution < 1.29 is 4.79 Å². The number of nitrogens with one attached hydrogen (secondary N) is 1. The molecule has 0 fully saturated rings. The molecule has 2 heteroatoms. The molecule has 0 spiro atoms. The van der Waals surface area contributed by atoms with E-state index in [0.717, 1.165) is 12.8 Å². The highest BCUT2D eigenvalue weighted by molar-refractivity contribution is 5.76. The van der Waals surface area contributed by atoms with Crippen molar-refractivity contribution in [2.24, 2.45) is 0 Å². The third-order valence-electron chi connectivity index (χ3n) is 3.58. The van der Waals surface area contributed by atoms with Crippen LogP contribution in [0.3, 0.4) is 0 Å². The average molecular weight is 247 g/mol. The van der Waals surface area contributed by atoms with Gasteiger partial charge in [0.15, 0.2) is 0 Å². The van der Waals surface area contributed by atoms with Crippen LogP contribution in [0.2, 0.25) is 0 Å². The van der Waals surface area contributed by atoms with Crippen molar-refractivity contribution in [3.05, 3.63) is 35.4 Å². The van der Waals surface area contributed by atoms with Crippen molar-refractivity contribution in [3.8, 4) is 0 Å². The second kappa shape index (κ2) is 7.20. The molecule has 0 saturated carbocycles. The second-order valence-corrected chi connectivity index (χ2v) is 4.86. The lowest BCUT2D eigenvalue weighted by atomic mass is 9.95. The molecule has 1 rings (SSSR count). The lowest BCUT2D eigenvalue weighted by molar-refractivity contribution is -0.121. The third-order valence-corrected chi connectivity index (χ3v) is 3.58. The predicted octanol–water partition coefficient (Wildman–Crippen LogP) is 4.18. The minimum Gasteiger partial charge on any atom is -0.349 e. The monoisotopic (exact) mass is 247 g/mol. The predicted molar refractivity (Wildman–Crippen MR) is 76.6 cm³/mol. The van der Waals surface area contributed by atoms with Crippen LogP contribution < -0.4 is 5.32 Å². The highest BCUT2D eigenvalue weighted by atomic mass is 16.1. The van der Waals surface area contributed by atoms with E-state index in [1.807, 2.05) is 6.92 Å². The SMILES string of the molecule is CCC(=O)N[C@@H](CC)c1ccc([C@@H](C)CC)cc1. The van der Waals surface area contributed by atoms with E-state index >= 15 is 0 Å². The molecule has 0 aliphatic rings. The number of amides is 1. The number of benzene rings is 1. The highest BCUT2D eigenvalue weighted by Crippen LogP contribution is 2.22. The van der Waals surface area contributed by atoms with E-state index in [4.69, 9.17) is 0 Å². The van der Waals surface area contributed by atoms with Crippen molar-refractivity contribution in [2.45, 2.75) is 58.9 Å². The molecule has 0 bridgehead atoms. The Bertz CT molecular complexity index is 369. The number of hydrogen-bond acceptors (Lipinski definition) is 1. The zero-order valence-corrected chi connectivity index (χ0v) is 12.0. The molecule has 1 aromatic rings. The van der Waals surface area contributed by atoms with Crippen LogP contribution in [0.25, 0.3) is 0 Å². The van der Waals surface area contributed by atoms with Crippen molar-refractivity contribution in [1.82, 2.24) is 5.32 Å². The Hall–Kier alpha value is -1.31. The molecule has 1 amide bonds. The molecule has 0 aromatic heterocycles. The van der Waals surface area contributed by atoms with Gasteiger partial charge >= 0.3 is 0 Å². The molecule has 0 heterocycles. The second-order valence-electron chi connectivity index (χ2n) is 4.86. The number of carbonyl (C=O) groups is 1. The summed E-state index contributed by atoms with van der Waals surface area (Å²) in [6.07, 6.45) is 2.62. The number of rotatable bonds is 6. The zero-order valence-electron chi connectivity index (χ0n) is 12.0. The van der Waals surface area contributed by atoms with Crippen molar-refractivity contribution in [3.63, 3.8) is 0 Å². The lowest BCUT2D eigenvalue weighted by Gasteiger charge is -2.18. The Kier molecular flexibility index (Phi) is 5.90. The molecule has 2 nitrogen and oxygen atoms in total. The van der Waals surface area contributed by atoms with Crippen LogP contribution in [-0.2, 0) is 4.79 Å². The smallest absolute Gasteiger partial charge is 0.220 e. The molecule has 0 unspecified atom stereocenters. The molecule has 0 aliphatic carbocycles. The van der Waals surface area contributed by atoms with Gasteiger partial charge in [-0.1, -0.05) is 52.0 Å². The van der Waals surface area contributed by atoms with Crippen LogP contribution in [0.5, 0.6) is 0 Å². The van der Waals surface area contributed by atoms with Crippen LogP contribution in [0.1, 0.15) is 70.0 Å². The van der Waals surface area contributed by atoms with Crippen LogP contribution in [0.4, 0.5) is 0 Å². The van der Waals surface area contributed by atoms with Crippen LogP contribution in [0.15, 0.2) is 24.3 Å². The minimum absolute atomic E-state index is 0.118. The maximum atomic E-state index is 11.5. The quantitative estimate of drug-likeness (QED) is 0.803. The van der Waals surface area contributed by atoms with E-state index in [9.17, 15) is 4.79 Å². The Morgan fingerprint density at radius 3 is 2.06 bits per heavy atom. The summed E-state index contributed by atoms with van der Waals surface area (Å²) in [6, 6.07) is 8.80. The van der Waals surface area contributed by atoms with Crippen LogP contribution in [-0.4, -0.2) is 5.91 Å². The fourth-order valence-electron chi connectivity index (χ4n) is 2.01. The molecule has 1 N–H and O–H groups in total. The topological polar surface area (TPSA) is 29.1 Å². The highest BCUT2D eigenvalue weighted by Gasteiger charge is 2.12. The van der Waals surface area contributed by atoms with Gasteiger partial charge in [0.2, 0.25) is 5.91 Å². The summed E-state index contributed by atoms with van der Waals surface area (Å²) in [5, 5.41) is 3.06. The number of hydrogen-bond donors (Lipinski definition) is 1. The van der Waals surface area contributed by atoms with E-state index in [1.165, 1.54) is 11.1 Å². The first kappa shape index (κ1) is 14.7. The van der Waals surface area contributed by atoms with Gasteiger partial charge in [-0.3, -0.25) is 4.79 Å². The van der Waals surface area contributed by atoms with Gasteiger partial charge in [-0.15, -0.1) is 0 Å². The van der Waals surface area contributed by atoms with E-state index in [2.05, 4.69) is 50.4 Å². The van der Waals surface area contributed by atoms with Gasteiger partial charge in [0.1, 0.15) is 0 Å². The molecule has 2 atom stereocenters. The van der Waals surface area contributed by atoms with E-state index in [1.54, 1.807) is 0 Å². The molecular weight excluding hydrogens is 222 g/mol. The van der Waals surface area contributed by atoms with Gasteiger partial charge < -0.3 is 5.32 Å². The summed E-state index contributed by atoms with van der Waals surface area (Å²) in [5.41, 5.74) is 2.57. The normalized spacial score (nSPS) is 14.0.